The van der Waals surface area contributed by atoms with Gasteiger partial charge in [-0.25, -0.2) is 4.98 Å². The largest absolute Gasteiger partial charge is 0.336 e. The van der Waals surface area contributed by atoms with Crippen LogP contribution in [0.3, 0.4) is 0 Å². The lowest BCUT2D eigenvalue weighted by molar-refractivity contribution is 0.0780. The highest BCUT2D eigenvalue weighted by molar-refractivity contribution is 7.98. The lowest BCUT2D eigenvalue weighted by Gasteiger charge is -2.18. The molecule has 0 aliphatic carbocycles. The van der Waals surface area contributed by atoms with Crippen LogP contribution >= 0.6 is 11.8 Å². The summed E-state index contributed by atoms with van der Waals surface area (Å²) < 4.78 is 2.01. The molecule has 1 aromatic carbocycles. The standard InChI is InChI=1S/C22H20N4OS/c1-25(14-17-8-4-6-12-23-17)22(27)19-9-2-3-10-20(19)28-16-18-15-26-13-7-5-11-21(26)24-18/h2-13,15H,14,16H2,1H3. The van der Waals surface area contributed by atoms with Gasteiger partial charge < -0.3 is 9.30 Å². The molecular formula is C22H20N4OS. The highest BCUT2D eigenvalue weighted by atomic mass is 32.2. The van der Waals surface area contributed by atoms with Crippen molar-refractivity contribution in [3.63, 3.8) is 0 Å². The Labute approximate surface area is 168 Å². The SMILES string of the molecule is CN(Cc1ccccn1)C(=O)c1ccccc1SCc1cn2ccccc2n1. The first-order valence-corrected chi connectivity index (χ1v) is 9.99. The number of rotatable bonds is 6. The number of nitrogens with zero attached hydrogens (tertiary/aromatic N) is 4. The molecule has 4 rings (SSSR count). The molecule has 4 aromatic rings. The van der Waals surface area contributed by atoms with Gasteiger partial charge in [-0.15, -0.1) is 11.8 Å². The maximum atomic E-state index is 13.0. The van der Waals surface area contributed by atoms with Gasteiger partial charge in [-0.3, -0.25) is 9.78 Å². The third-order valence-corrected chi connectivity index (χ3v) is 5.49. The zero-order valence-corrected chi connectivity index (χ0v) is 16.3. The second-order valence-corrected chi connectivity index (χ2v) is 7.48. The van der Waals surface area contributed by atoms with Gasteiger partial charge in [-0.1, -0.05) is 24.3 Å². The fourth-order valence-corrected chi connectivity index (χ4v) is 3.92. The normalized spacial score (nSPS) is 10.9. The zero-order chi connectivity index (χ0) is 19.3. The molecule has 0 saturated heterocycles. The van der Waals surface area contributed by atoms with Crippen molar-refractivity contribution in [2.75, 3.05) is 7.05 Å². The smallest absolute Gasteiger partial charge is 0.255 e. The molecule has 0 fully saturated rings. The summed E-state index contributed by atoms with van der Waals surface area (Å²) in [5, 5.41) is 0. The highest BCUT2D eigenvalue weighted by Crippen LogP contribution is 2.27. The van der Waals surface area contributed by atoms with E-state index in [4.69, 9.17) is 0 Å². The van der Waals surface area contributed by atoms with Crippen molar-refractivity contribution in [1.82, 2.24) is 19.3 Å². The summed E-state index contributed by atoms with van der Waals surface area (Å²) in [4.78, 5) is 24.6. The third kappa shape index (κ3) is 4.07. The average Bonchev–Trinajstić information content (AvgIpc) is 3.15. The molecule has 1 amide bonds. The van der Waals surface area contributed by atoms with E-state index in [0.29, 0.717) is 17.9 Å². The Morgan fingerprint density at radius 3 is 2.68 bits per heavy atom. The number of benzene rings is 1. The third-order valence-electron chi connectivity index (χ3n) is 4.38. The highest BCUT2D eigenvalue weighted by Gasteiger charge is 2.17. The summed E-state index contributed by atoms with van der Waals surface area (Å²) in [5.41, 5.74) is 3.49. The van der Waals surface area contributed by atoms with E-state index in [2.05, 4.69) is 9.97 Å². The summed E-state index contributed by atoms with van der Waals surface area (Å²) >= 11 is 1.63. The van der Waals surface area contributed by atoms with Crippen molar-refractivity contribution in [2.24, 2.45) is 0 Å². The van der Waals surface area contributed by atoms with E-state index >= 15 is 0 Å². The van der Waals surface area contributed by atoms with Crippen molar-refractivity contribution in [3.05, 3.63) is 96.2 Å². The molecule has 0 atom stereocenters. The van der Waals surface area contributed by atoms with E-state index in [1.165, 1.54) is 0 Å². The summed E-state index contributed by atoms with van der Waals surface area (Å²) in [6, 6.07) is 19.4. The molecule has 140 valence electrons. The van der Waals surface area contributed by atoms with Crippen LogP contribution in [0.5, 0.6) is 0 Å². The first kappa shape index (κ1) is 18.3. The van der Waals surface area contributed by atoms with Crippen LogP contribution in [0.4, 0.5) is 0 Å². The van der Waals surface area contributed by atoms with Crippen LogP contribution < -0.4 is 0 Å². The number of hydrogen-bond acceptors (Lipinski definition) is 4. The van der Waals surface area contributed by atoms with Crippen LogP contribution in [0.1, 0.15) is 21.7 Å². The number of carbonyl (C=O) groups excluding carboxylic acids is 1. The van der Waals surface area contributed by atoms with E-state index in [9.17, 15) is 4.79 Å². The van der Waals surface area contributed by atoms with E-state index in [1.54, 1.807) is 29.9 Å². The van der Waals surface area contributed by atoms with Crippen molar-refractivity contribution in [3.8, 4) is 0 Å². The van der Waals surface area contributed by atoms with Gasteiger partial charge in [-0.2, -0.15) is 0 Å². The molecule has 28 heavy (non-hydrogen) atoms. The van der Waals surface area contributed by atoms with Crippen molar-refractivity contribution in [2.45, 2.75) is 17.2 Å². The fraction of sp³-hybridized carbons (Fsp3) is 0.136. The number of pyridine rings is 2. The number of thioether (sulfide) groups is 1. The van der Waals surface area contributed by atoms with Crippen LogP contribution in [0.15, 0.2) is 84.1 Å². The maximum Gasteiger partial charge on any atom is 0.255 e. The molecule has 6 heteroatoms. The van der Waals surface area contributed by atoms with Gasteiger partial charge in [0.1, 0.15) is 5.65 Å². The number of imidazole rings is 1. The van der Waals surface area contributed by atoms with Gasteiger partial charge in [0.2, 0.25) is 0 Å². The van der Waals surface area contributed by atoms with Gasteiger partial charge >= 0.3 is 0 Å². The first-order valence-electron chi connectivity index (χ1n) is 9.00. The number of fused-ring (bicyclic) bond motifs is 1. The molecule has 0 aliphatic rings. The Hall–Kier alpha value is -3.12. The predicted molar refractivity (Wildman–Crippen MR) is 111 cm³/mol. The topological polar surface area (TPSA) is 50.5 Å². The van der Waals surface area contributed by atoms with Crippen molar-refractivity contribution >= 4 is 23.3 Å². The molecule has 0 radical (unpaired) electrons. The molecule has 0 saturated carbocycles. The second-order valence-electron chi connectivity index (χ2n) is 6.47. The molecule has 0 N–H and O–H groups in total. The lowest BCUT2D eigenvalue weighted by Crippen LogP contribution is -2.27. The van der Waals surface area contributed by atoms with Crippen LogP contribution in [0.25, 0.3) is 5.65 Å². The van der Waals surface area contributed by atoms with Crippen LogP contribution in [0.2, 0.25) is 0 Å². The number of aromatic nitrogens is 3. The summed E-state index contributed by atoms with van der Waals surface area (Å²) in [7, 11) is 1.81. The fourth-order valence-electron chi connectivity index (χ4n) is 2.99. The molecule has 0 unspecified atom stereocenters. The van der Waals surface area contributed by atoms with E-state index in [-0.39, 0.29) is 5.91 Å². The van der Waals surface area contributed by atoms with Gasteiger partial charge in [0.25, 0.3) is 5.91 Å². The molecule has 0 spiro atoms. The minimum Gasteiger partial charge on any atom is -0.336 e. The number of amides is 1. The van der Waals surface area contributed by atoms with Crippen molar-refractivity contribution < 1.29 is 4.79 Å². The number of hydrogen-bond donors (Lipinski definition) is 0. The van der Waals surface area contributed by atoms with Crippen LogP contribution in [-0.2, 0) is 12.3 Å². The molecule has 3 aromatic heterocycles. The minimum atomic E-state index is -0.0104. The molecule has 5 nitrogen and oxygen atoms in total. The van der Waals surface area contributed by atoms with Gasteiger partial charge in [0.15, 0.2) is 0 Å². The molecular weight excluding hydrogens is 368 g/mol. The summed E-state index contributed by atoms with van der Waals surface area (Å²) in [6.45, 7) is 0.477. The average molecular weight is 388 g/mol. The van der Waals surface area contributed by atoms with E-state index in [1.807, 2.05) is 77.5 Å². The summed E-state index contributed by atoms with van der Waals surface area (Å²) in [6.07, 6.45) is 5.76. The first-order chi connectivity index (χ1) is 13.7. The Morgan fingerprint density at radius 1 is 1.04 bits per heavy atom. The quantitative estimate of drug-likeness (QED) is 0.462. The molecule has 3 heterocycles. The monoisotopic (exact) mass is 388 g/mol. The second kappa shape index (κ2) is 8.27. The van der Waals surface area contributed by atoms with Crippen LogP contribution in [-0.4, -0.2) is 32.2 Å². The van der Waals surface area contributed by atoms with E-state index < -0.39 is 0 Å². The van der Waals surface area contributed by atoms with Gasteiger partial charge in [0.05, 0.1) is 23.5 Å². The summed E-state index contributed by atoms with van der Waals surface area (Å²) in [5.74, 6) is 0.694. The van der Waals surface area contributed by atoms with Crippen molar-refractivity contribution in [1.29, 1.82) is 0 Å². The lowest BCUT2D eigenvalue weighted by atomic mass is 10.2. The van der Waals surface area contributed by atoms with Gasteiger partial charge in [-0.05, 0) is 36.4 Å². The Morgan fingerprint density at radius 2 is 1.86 bits per heavy atom. The molecule has 0 bridgehead atoms. The van der Waals surface area contributed by atoms with Crippen LogP contribution in [0, 0.1) is 0 Å². The Bertz CT molecular complexity index is 1060. The Balaban J connectivity index is 1.48. The maximum absolute atomic E-state index is 13.0. The molecule has 0 aliphatic heterocycles. The Kier molecular flexibility index (Phi) is 5.39. The predicted octanol–water partition coefficient (Wildman–Crippen LogP) is 4.29. The zero-order valence-electron chi connectivity index (χ0n) is 15.5. The number of carbonyl (C=O) groups is 1. The van der Waals surface area contributed by atoms with Gasteiger partial charge in [0, 0.05) is 36.3 Å². The minimum absolute atomic E-state index is 0.0104. The van der Waals surface area contributed by atoms with E-state index in [0.717, 1.165) is 21.9 Å².